The molecule has 1 aliphatic rings. The molecule has 1 aromatic rings. The highest BCUT2D eigenvalue weighted by molar-refractivity contribution is 8.15. The monoisotopic (exact) mass is 262 g/mol. The van der Waals surface area contributed by atoms with Gasteiger partial charge in [-0.2, -0.15) is 0 Å². The van der Waals surface area contributed by atoms with Crippen LogP contribution in [0.15, 0.2) is 12.4 Å². The van der Waals surface area contributed by atoms with Crippen LogP contribution >= 0.6 is 10.7 Å². The van der Waals surface area contributed by atoms with Crippen molar-refractivity contribution in [3.05, 3.63) is 18.2 Å². The summed E-state index contributed by atoms with van der Waals surface area (Å²) in [5.74, 6) is 0.803. The fourth-order valence-corrected chi connectivity index (χ4v) is 3.40. The molecule has 0 unspecified atom stereocenters. The highest BCUT2D eigenvalue weighted by atomic mass is 35.7. The highest BCUT2D eigenvalue weighted by Crippen LogP contribution is 2.47. The second-order valence-electron chi connectivity index (χ2n) is 4.64. The van der Waals surface area contributed by atoms with Gasteiger partial charge in [0.1, 0.15) is 5.82 Å². The van der Waals surface area contributed by atoms with E-state index in [1.807, 2.05) is 24.6 Å². The second-order valence-corrected chi connectivity index (χ2v) is 7.60. The normalized spacial score (nSPS) is 19.0. The summed E-state index contributed by atoms with van der Waals surface area (Å²) in [7, 11) is 1.98. The molecule has 0 spiro atoms. The van der Waals surface area contributed by atoms with Crippen molar-refractivity contribution in [2.45, 2.75) is 43.9 Å². The fourth-order valence-electron chi connectivity index (χ4n) is 1.89. The van der Waals surface area contributed by atoms with Crippen LogP contribution in [0.1, 0.15) is 38.6 Å². The number of nitrogens with zero attached hydrogens (tertiary/aromatic N) is 2. The van der Waals surface area contributed by atoms with Crippen LogP contribution in [0.3, 0.4) is 0 Å². The molecular formula is C10H15ClN2O2S. The van der Waals surface area contributed by atoms with E-state index in [2.05, 4.69) is 4.98 Å². The van der Waals surface area contributed by atoms with E-state index in [0.29, 0.717) is 19.3 Å². The van der Waals surface area contributed by atoms with Crippen molar-refractivity contribution in [2.24, 2.45) is 0 Å². The van der Waals surface area contributed by atoms with Gasteiger partial charge in [-0.3, -0.25) is 0 Å². The molecule has 0 aromatic carbocycles. The highest BCUT2D eigenvalue weighted by Gasteiger charge is 2.54. The zero-order valence-corrected chi connectivity index (χ0v) is 10.9. The molecule has 0 radical (unpaired) electrons. The van der Waals surface area contributed by atoms with Crippen molar-refractivity contribution >= 4 is 19.7 Å². The van der Waals surface area contributed by atoms with E-state index in [9.17, 15) is 8.42 Å². The summed E-state index contributed by atoms with van der Waals surface area (Å²) in [4.78, 5) is 4.22. The maximum absolute atomic E-state index is 11.5. The van der Waals surface area contributed by atoms with Gasteiger partial charge in [-0.05, 0) is 26.7 Å². The average molecular weight is 263 g/mol. The minimum absolute atomic E-state index is 0.284. The smallest absolute Gasteiger partial charge is 0.238 e. The number of hydrogen-bond donors (Lipinski definition) is 0. The third kappa shape index (κ3) is 1.98. The number of hydrogen-bond acceptors (Lipinski definition) is 3. The summed E-state index contributed by atoms with van der Waals surface area (Å²) < 4.78 is 24.1. The molecule has 0 aliphatic heterocycles. The van der Waals surface area contributed by atoms with Gasteiger partial charge < -0.3 is 4.57 Å². The van der Waals surface area contributed by atoms with Crippen molar-refractivity contribution in [1.29, 1.82) is 0 Å². The van der Waals surface area contributed by atoms with Gasteiger partial charge in [-0.25, -0.2) is 13.4 Å². The van der Waals surface area contributed by atoms with Crippen LogP contribution in [-0.2, 0) is 15.5 Å². The zero-order chi connectivity index (χ0) is 12.0. The molecule has 1 aliphatic carbocycles. The standard InChI is InChI=1S/C10H15ClN2O2S/c1-8(2)13-6-5-12-9(13)7-10(3-4-10)16(11,14)15/h5-6,8H,3-4,7H2,1-2H3. The summed E-state index contributed by atoms with van der Waals surface area (Å²) in [5, 5.41) is 0. The van der Waals surface area contributed by atoms with E-state index >= 15 is 0 Å². The molecule has 4 nitrogen and oxygen atoms in total. The zero-order valence-electron chi connectivity index (χ0n) is 9.35. The minimum Gasteiger partial charge on any atom is -0.332 e. The first-order valence-corrected chi connectivity index (χ1v) is 7.63. The predicted octanol–water partition coefficient (Wildman–Crippen LogP) is 2.11. The SMILES string of the molecule is CC(C)n1ccnc1CC1(S(=O)(=O)Cl)CC1. The summed E-state index contributed by atoms with van der Waals surface area (Å²) in [6.07, 6.45) is 5.28. The Morgan fingerprint density at radius 1 is 1.56 bits per heavy atom. The van der Waals surface area contributed by atoms with Crippen molar-refractivity contribution in [3.8, 4) is 0 Å². The van der Waals surface area contributed by atoms with Crippen molar-refractivity contribution in [3.63, 3.8) is 0 Å². The third-order valence-corrected chi connectivity index (χ3v) is 5.68. The quantitative estimate of drug-likeness (QED) is 0.781. The Labute approximate surface area is 100 Å². The van der Waals surface area contributed by atoms with Crippen molar-refractivity contribution in [1.82, 2.24) is 9.55 Å². The Balaban J connectivity index is 2.26. The number of aromatic nitrogens is 2. The Bertz CT molecular complexity index is 489. The maximum atomic E-state index is 11.5. The molecule has 0 amide bonds. The van der Waals surface area contributed by atoms with Crippen LogP contribution in [0.25, 0.3) is 0 Å². The summed E-state index contributed by atoms with van der Waals surface area (Å²) >= 11 is 0. The summed E-state index contributed by atoms with van der Waals surface area (Å²) in [5.41, 5.74) is 0. The molecule has 1 saturated carbocycles. The Morgan fingerprint density at radius 3 is 2.62 bits per heavy atom. The molecule has 0 bridgehead atoms. The van der Waals surface area contributed by atoms with E-state index in [1.54, 1.807) is 6.20 Å². The number of imidazole rings is 1. The first-order valence-electron chi connectivity index (χ1n) is 5.32. The van der Waals surface area contributed by atoms with Crippen LogP contribution in [0.4, 0.5) is 0 Å². The van der Waals surface area contributed by atoms with E-state index in [1.165, 1.54) is 0 Å². The Hall–Kier alpha value is -0.550. The molecule has 16 heavy (non-hydrogen) atoms. The van der Waals surface area contributed by atoms with Gasteiger partial charge in [0.05, 0.1) is 4.75 Å². The molecule has 1 aromatic heterocycles. The maximum Gasteiger partial charge on any atom is 0.238 e. The predicted molar refractivity (Wildman–Crippen MR) is 63.1 cm³/mol. The van der Waals surface area contributed by atoms with Crippen LogP contribution in [0.5, 0.6) is 0 Å². The van der Waals surface area contributed by atoms with Crippen LogP contribution in [0.2, 0.25) is 0 Å². The van der Waals surface area contributed by atoms with Gasteiger partial charge in [0.15, 0.2) is 0 Å². The molecule has 0 saturated heterocycles. The molecule has 90 valence electrons. The van der Waals surface area contributed by atoms with E-state index in [4.69, 9.17) is 10.7 Å². The first-order chi connectivity index (χ1) is 7.36. The van der Waals surface area contributed by atoms with Gasteiger partial charge in [0.25, 0.3) is 0 Å². The third-order valence-electron chi connectivity index (χ3n) is 3.11. The molecule has 0 atom stereocenters. The van der Waals surface area contributed by atoms with Crippen LogP contribution in [-0.4, -0.2) is 22.7 Å². The molecule has 0 N–H and O–H groups in total. The second kappa shape index (κ2) is 3.74. The summed E-state index contributed by atoms with van der Waals surface area (Å²) in [6.45, 7) is 4.08. The van der Waals surface area contributed by atoms with E-state index in [0.717, 1.165) is 5.82 Å². The average Bonchev–Trinajstić information content (AvgIpc) is 2.76. The fraction of sp³-hybridized carbons (Fsp3) is 0.700. The first kappa shape index (κ1) is 11.9. The summed E-state index contributed by atoms with van der Waals surface area (Å²) in [6, 6.07) is 0.284. The lowest BCUT2D eigenvalue weighted by molar-refractivity contribution is 0.549. The molecule has 2 rings (SSSR count). The lowest BCUT2D eigenvalue weighted by Gasteiger charge is -2.15. The lowest BCUT2D eigenvalue weighted by atomic mass is 10.2. The van der Waals surface area contributed by atoms with Crippen LogP contribution < -0.4 is 0 Å². The van der Waals surface area contributed by atoms with Gasteiger partial charge in [-0.1, -0.05) is 0 Å². The van der Waals surface area contributed by atoms with Crippen LogP contribution in [0, 0.1) is 0 Å². The number of rotatable bonds is 4. The van der Waals surface area contributed by atoms with Gasteiger partial charge in [0, 0.05) is 35.5 Å². The van der Waals surface area contributed by atoms with Gasteiger partial charge in [0.2, 0.25) is 9.05 Å². The van der Waals surface area contributed by atoms with Crippen molar-refractivity contribution in [2.75, 3.05) is 0 Å². The van der Waals surface area contributed by atoms with E-state index < -0.39 is 13.8 Å². The number of halogens is 1. The van der Waals surface area contributed by atoms with Gasteiger partial charge in [-0.15, -0.1) is 0 Å². The molecule has 1 fully saturated rings. The van der Waals surface area contributed by atoms with Crippen molar-refractivity contribution < 1.29 is 8.42 Å². The minimum atomic E-state index is -3.49. The lowest BCUT2D eigenvalue weighted by Crippen LogP contribution is -2.23. The van der Waals surface area contributed by atoms with Gasteiger partial charge >= 0.3 is 0 Å². The Morgan fingerprint density at radius 2 is 2.19 bits per heavy atom. The topological polar surface area (TPSA) is 52.0 Å². The largest absolute Gasteiger partial charge is 0.332 e. The molecule has 6 heteroatoms. The van der Waals surface area contributed by atoms with E-state index in [-0.39, 0.29) is 6.04 Å². The molecule has 1 heterocycles. The molecular weight excluding hydrogens is 248 g/mol. The Kier molecular flexibility index (Phi) is 2.78.